The molecule has 0 bridgehead atoms. The second kappa shape index (κ2) is 7.79. The minimum atomic E-state index is -0.293. The minimum Gasteiger partial charge on any atom is -0.395 e. The summed E-state index contributed by atoms with van der Waals surface area (Å²) in [5, 5.41) is 12.1. The Labute approximate surface area is 166 Å². The quantitative estimate of drug-likeness (QED) is 0.582. The van der Waals surface area contributed by atoms with E-state index in [2.05, 4.69) is 10.3 Å². The number of thioether (sulfide) groups is 1. The number of anilines is 1. The van der Waals surface area contributed by atoms with Crippen LogP contribution in [0.15, 0.2) is 28.0 Å². The van der Waals surface area contributed by atoms with E-state index in [1.807, 2.05) is 26.8 Å². The van der Waals surface area contributed by atoms with Gasteiger partial charge in [0.15, 0.2) is 0 Å². The molecule has 3 rings (SSSR count). The molecule has 2 aromatic rings. The summed E-state index contributed by atoms with van der Waals surface area (Å²) in [6, 6.07) is 3.58. The number of aryl methyl sites for hydroxylation is 1. The van der Waals surface area contributed by atoms with Crippen LogP contribution in [-0.2, 0) is 4.79 Å². The highest BCUT2D eigenvalue weighted by Crippen LogP contribution is 2.34. The molecule has 27 heavy (non-hydrogen) atoms. The standard InChI is InChI=1S/C18H20N4O3S2/c1-10(2)22-17(25)13(27-18(22)26)9-12-14(19-6-8-23)20-15-11(3)5-4-7-21(15)16(12)24/h4-5,7,9-10,19,23H,6,8H2,1-3H3. The van der Waals surface area contributed by atoms with E-state index in [0.29, 0.717) is 20.7 Å². The van der Waals surface area contributed by atoms with Gasteiger partial charge in [0, 0.05) is 18.8 Å². The van der Waals surface area contributed by atoms with Crippen LogP contribution in [0, 0.1) is 6.92 Å². The molecule has 7 nitrogen and oxygen atoms in total. The SMILES string of the molecule is Cc1cccn2c(=O)c(C=C3SC(=S)N(C(C)C)C3=O)c(NCCO)nc12. The number of hydrogen-bond donors (Lipinski definition) is 2. The van der Waals surface area contributed by atoms with Crippen LogP contribution in [0.4, 0.5) is 5.82 Å². The maximum absolute atomic E-state index is 13.1. The van der Waals surface area contributed by atoms with E-state index in [9.17, 15) is 9.59 Å². The molecule has 0 saturated carbocycles. The van der Waals surface area contributed by atoms with Crippen LogP contribution in [0.5, 0.6) is 0 Å². The number of thiocarbonyl (C=S) groups is 1. The fraction of sp³-hybridized carbons (Fsp3) is 0.333. The van der Waals surface area contributed by atoms with Gasteiger partial charge in [0.25, 0.3) is 11.5 Å². The first-order valence-electron chi connectivity index (χ1n) is 8.49. The zero-order chi connectivity index (χ0) is 19.7. The molecular formula is C18H20N4O3S2. The number of rotatable bonds is 5. The Balaban J connectivity index is 2.18. The van der Waals surface area contributed by atoms with Crippen molar-refractivity contribution in [3.05, 3.63) is 44.7 Å². The number of fused-ring (bicyclic) bond motifs is 1. The van der Waals surface area contributed by atoms with E-state index in [1.54, 1.807) is 12.3 Å². The number of carbonyl (C=O) groups excluding carboxylic acids is 1. The Kier molecular flexibility index (Phi) is 5.64. The molecule has 142 valence electrons. The van der Waals surface area contributed by atoms with Crippen molar-refractivity contribution in [1.82, 2.24) is 14.3 Å². The second-order valence-corrected chi connectivity index (χ2v) is 8.04. The fourth-order valence-electron chi connectivity index (χ4n) is 2.81. The molecule has 0 aliphatic carbocycles. The molecule has 0 atom stereocenters. The first kappa shape index (κ1) is 19.5. The van der Waals surface area contributed by atoms with Crippen LogP contribution in [0.1, 0.15) is 25.0 Å². The molecule has 1 fully saturated rings. The predicted molar refractivity (Wildman–Crippen MR) is 112 cm³/mol. The maximum Gasteiger partial charge on any atom is 0.267 e. The molecule has 0 aromatic carbocycles. The van der Waals surface area contributed by atoms with E-state index in [1.165, 1.54) is 27.1 Å². The van der Waals surface area contributed by atoms with Crippen LogP contribution in [-0.4, -0.2) is 48.8 Å². The number of hydrogen-bond acceptors (Lipinski definition) is 7. The van der Waals surface area contributed by atoms with Crippen molar-refractivity contribution in [2.75, 3.05) is 18.5 Å². The topological polar surface area (TPSA) is 86.9 Å². The smallest absolute Gasteiger partial charge is 0.267 e. The molecule has 2 N–H and O–H groups in total. The van der Waals surface area contributed by atoms with Gasteiger partial charge < -0.3 is 10.4 Å². The van der Waals surface area contributed by atoms with Crippen molar-refractivity contribution < 1.29 is 9.90 Å². The number of pyridine rings is 1. The van der Waals surface area contributed by atoms with Gasteiger partial charge >= 0.3 is 0 Å². The molecule has 1 amide bonds. The maximum atomic E-state index is 13.1. The summed E-state index contributed by atoms with van der Waals surface area (Å²) in [5.74, 6) is 0.111. The van der Waals surface area contributed by atoms with E-state index >= 15 is 0 Å². The summed E-state index contributed by atoms with van der Waals surface area (Å²) in [7, 11) is 0. The largest absolute Gasteiger partial charge is 0.395 e. The minimum absolute atomic E-state index is 0.0612. The van der Waals surface area contributed by atoms with E-state index < -0.39 is 0 Å². The lowest BCUT2D eigenvalue weighted by atomic mass is 10.2. The highest BCUT2D eigenvalue weighted by molar-refractivity contribution is 8.26. The van der Waals surface area contributed by atoms with Gasteiger partial charge in [-0.15, -0.1) is 0 Å². The zero-order valence-corrected chi connectivity index (χ0v) is 16.9. The number of amides is 1. The number of aliphatic hydroxyl groups excluding tert-OH is 1. The lowest BCUT2D eigenvalue weighted by molar-refractivity contribution is -0.123. The van der Waals surface area contributed by atoms with E-state index in [0.717, 1.165) is 5.56 Å². The lowest BCUT2D eigenvalue weighted by Gasteiger charge is -2.18. The van der Waals surface area contributed by atoms with Gasteiger partial charge in [-0.3, -0.25) is 18.9 Å². The van der Waals surface area contributed by atoms with Gasteiger partial charge in [0.1, 0.15) is 15.8 Å². The Morgan fingerprint density at radius 3 is 2.78 bits per heavy atom. The van der Waals surface area contributed by atoms with Crippen LogP contribution >= 0.6 is 24.0 Å². The summed E-state index contributed by atoms with van der Waals surface area (Å²) in [6.45, 7) is 5.77. The van der Waals surface area contributed by atoms with Crippen LogP contribution in [0.25, 0.3) is 11.7 Å². The lowest BCUT2D eigenvalue weighted by Crippen LogP contribution is -2.34. The predicted octanol–water partition coefficient (Wildman–Crippen LogP) is 2.02. The first-order valence-corrected chi connectivity index (χ1v) is 9.71. The average molecular weight is 405 g/mol. The van der Waals surface area contributed by atoms with Crippen molar-refractivity contribution >= 4 is 51.7 Å². The average Bonchev–Trinajstić information content (AvgIpc) is 2.90. The second-order valence-electron chi connectivity index (χ2n) is 6.36. The fourth-order valence-corrected chi connectivity index (χ4v) is 4.31. The molecular weight excluding hydrogens is 384 g/mol. The highest BCUT2D eigenvalue weighted by Gasteiger charge is 2.34. The first-order chi connectivity index (χ1) is 12.8. The number of aliphatic hydroxyl groups is 1. The summed E-state index contributed by atoms with van der Waals surface area (Å²) >= 11 is 6.47. The Morgan fingerprint density at radius 1 is 1.41 bits per heavy atom. The summed E-state index contributed by atoms with van der Waals surface area (Å²) in [6.07, 6.45) is 3.18. The molecule has 0 spiro atoms. The molecule has 9 heteroatoms. The number of nitrogens with one attached hydrogen (secondary N) is 1. The molecule has 3 heterocycles. The van der Waals surface area contributed by atoms with Gasteiger partial charge in [-0.05, 0) is 38.5 Å². The van der Waals surface area contributed by atoms with Crippen molar-refractivity contribution in [3.8, 4) is 0 Å². The van der Waals surface area contributed by atoms with E-state index in [4.69, 9.17) is 17.3 Å². The number of nitrogens with zero attached hydrogens (tertiary/aromatic N) is 3. The van der Waals surface area contributed by atoms with Gasteiger partial charge in [0.05, 0.1) is 17.1 Å². The van der Waals surface area contributed by atoms with Crippen LogP contribution in [0.3, 0.4) is 0 Å². The Bertz CT molecular complexity index is 1010. The van der Waals surface area contributed by atoms with Gasteiger partial charge in [-0.25, -0.2) is 4.98 Å². The van der Waals surface area contributed by atoms with Gasteiger partial charge in [-0.2, -0.15) is 0 Å². The normalized spacial score (nSPS) is 16.2. The molecule has 0 radical (unpaired) electrons. The van der Waals surface area contributed by atoms with Crippen molar-refractivity contribution in [1.29, 1.82) is 0 Å². The third-order valence-corrected chi connectivity index (χ3v) is 5.43. The molecule has 1 aliphatic rings. The Hall–Kier alpha value is -2.23. The van der Waals surface area contributed by atoms with Crippen molar-refractivity contribution in [3.63, 3.8) is 0 Å². The third kappa shape index (κ3) is 3.62. The number of carbonyl (C=O) groups is 1. The summed E-state index contributed by atoms with van der Waals surface area (Å²) in [4.78, 5) is 32.2. The van der Waals surface area contributed by atoms with Crippen LogP contribution < -0.4 is 10.9 Å². The summed E-state index contributed by atoms with van der Waals surface area (Å²) in [5.41, 5.74) is 1.34. The number of aromatic nitrogens is 2. The third-order valence-electron chi connectivity index (χ3n) is 4.10. The van der Waals surface area contributed by atoms with E-state index in [-0.39, 0.29) is 36.2 Å². The van der Waals surface area contributed by atoms with Crippen molar-refractivity contribution in [2.24, 2.45) is 0 Å². The zero-order valence-electron chi connectivity index (χ0n) is 15.2. The molecule has 0 unspecified atom stereocenters. The molecule has 1 aliphatic heterocycles. The van der Waals surface area contributed by atoms with Crippen molar-refractivity contribution in [2.45, 2.75) is 26.8 Å². The molecule has 1 saturated heterocycles. The molecule has 2 aromatic heterocycles. The summed E-state index contributed by atoms with van der Waals surface area (Å²) < 4.78 is 1.92. The Morgan fingerprint density at radius 2 is 2.15 bits per heavy atom. The van der Waals surface area contributed by atoms with Gasteiger partial charge in [-0.1, -0.05) is 30.0 Å². The van der Waals surface area contributed by atoms with Crippen LogP contribution in [0.2, 0.25) is 0 Å². The van der Waals surface area contributed by atoms with Gasteiger partial charge in [0.2, 0.25) is 0 Å². The monoisotopic (exact) mass is 404 g/mol. The highest BCUT2D eigenvalue weighted by atomic mass is 32.2.